The number of halogens is 1. The second kappa shape index (κ2) is 6.54. The fourth-order valence-corrected chi connectivity index (χ4v) is 3.99. The molecule has 6 heteroatoms. The maximum absolute atomic E-state index is 12.3. The van der Waals surface area contributed by atoms with Gasteiger partial charge in [0.2, 0.25) is 0 Å². The fourth-order valence-electron chi connectivity index (χ4n) is 2.77. The van der Waals surface area contributed by atoms with Crippen molar-refractivity contribution in [3.63, 3.8) is 0 Å². The molecule has 1 saturated heterocycles. The first-order valence-electron chi connectivity index (χ1n) is 7.69. The van der Waals surface area contributed by atoms with Gasteiger partial charge in [-0.3, -0.25) is 4.79 Å². The number of carbonyl (C=O) groups is 1. The monoisotopic (exact) mass is 411 g/mol. The van der Waals surface area contributed by atoms with Crippen LogP contribution in [0.5, 0.6) is 0 Å². The predicted octanol–water partition coefficient (Wildman–Crippen LogP) is 4.83. The molecule has 1 aromatic heterocycles. The zero-order valence-electron chi connectivity index (χ0n) is 13.4. The van der Waals surface area contributed by atoms with Gasteiger partial charge < -0.3 is 9.88 Å². The number of rotatable bonds is 2. The lowest BCUT2D eigenvalue weighted by Crippen LogP contribution is -2.19. The molecule has 1 aliphatic rings. The van der Waals surface area contributed by atoms with Gasteiger partial charge in [-0.25, -0.2) is 4.99 Å². The summed E-state index contributed by atoms with van der Waals surface area (Å²) in [5.41, 5.74) is 2.96. The van der Waals surface area contributed by atoms with Crippen molar-refractivity contribution in [1.82, 2.24) is 9.88 Å². The number of aryl methyl sites for hydroxylation is 1. The summed E-state index contributed by atoms with van der Waals surface area (Å²) in [6, 6.07) is 15.8. The smallest absolute Gasteiger partial charge is 0.264 e. The molecule has 0 atom stereocenters. The molecule has 25 heavy (non-hydrogen) atoms. The van der Waals surface area contributed by atoms with Crippen LogP contribution in [0.15, 0.2) is 69.1 Å². The van der Waals surface area contributed by atoms with Gasteiger partial charge in [-0.2, -0.15) is 0 Å². The highest BCUT2D eigenvalue weighted by atomic mass is 79.9. The summed E-state index contributed by atoms with van der Waals surface area (Å²) >= 11 is 4.79. The van der Waals surface area contributed by atoms with Crippen LogP contribution in [0.2, 0.25) is 0 Å². The molecule has 1 fully saturated rings. The highest BCUT2D eigenvalue weighted by Crippen LogP contribution is 2.31. The van der Waals surface area contributed by atoms with Crippen molar-refractivity contribution in [2.24, 2.45) is 12.0 Å². The lowest BCUT2D eigenvalue weighted by Gasteiger charge is -1.96. The molecule has 0 bridgehead atoms. The van der Waals surface area contributed by atoms with Gasteiger partial charge in [-0.05, 0) is 42.1 Å². The van der Waals surface area contributed by atoms with E-state index in [9.17, 15) is 4.79 Å². The molecular weight excluding hydrogens is 398 g/mol. The van der Waals surface area contributed by atoms with Crippen LogP contribution in [0.3, 0.4) is 0 Å². The molecule has 4 nitrogen and oxygen atoms in total. The molecule has 2 heterocycles. The summed E-state index contributed by atoms with van der Waals surface area (Å²) in [5, 5.41) is 4.55. The number of fused-ring (bicyclic) bond motifs is 1. The van der Waals surface area contributed by atoms with Crippen LogP contribution in [0.4, 0.5) is 5.69 Å². The highest BCUT2D eigenvalue weighted by Gasteiger charge is 2.24. The molecule has 0 radical (unpaired) electrons. The van der Waals surface area contributed by atoms with Crippen molar-refractivity contribution in [3.8, 4) is 0 Å². The number of carbonyl (C=O) groups excluding carboxylic acids is 1. The first-order chi connectivity index (χ1) is 12.1. The van der Waals surface area contributed by atoms with Crippen LogP contribution in [0, 0.1) is 0 Å². The standard InChI is InChI=1S/C19H14BrN3OS/c1-23-11-12(15-7-2-3-8-16(15)23)9-17-18(24)22-19(25-17)21-14-6-4-5-13(20)10-14/h2-11H,1H3,(H,21,22,24). The Hall–Kier alpha value is -2.31. The maximum atomic E-state index is 12.3. The summed E-state index contributed by atoms with van der Waals surface area (Å²) in [6.45, 7) is 0. The minimum absolute atomic E-state index is 0.119. The minimum atomic E-state index is -0.119. The van der Waals surface area contributed by atoms with Crippen molar-refractivity contribution in [2.75, 3.05) is 0 Å². The van der Waals surface area contributed by atoms with E-state index in [1.807, 2.05) is 55.7 Å². The van der Waals surface area contributed by atoms with E-state index in [0.717, 1.165) is 26.6 Å². The molecule has 1 amide bonds. The van der Waals surface area contributed by atoms with Crippen LogP contribution in [-0.4, -0.2) is 15.6 Å². The molecular formula is C19H14BrN3OS. The number of amidine groups is 1. The Bertz CT molecular complexity index is 1050. The number of thioether (sulfide) groups is 1. The highest BCUT2D eigenvalue weighted by molar-refractivity contribution is 9.10. The number of aromatic nitrogens is 1. The third kappa shape index (κ3) is 3.27. The molecule has 2 aromatic carbocycles. The van der Waals surface area contributed by atoms with E-state index in [2.05, 4.69) is 42.9 Å². The Morgan fingerprint density at radius 2 is 2.04 bits per heavy atom. The third-order valence-corrected chi connectivity index (χ3v) is 5.31. The maximum Gasteiger partial charge on any atom is 0.264 e. The average Bonchev–Trinajstić information content (AvgIpc) is 3.09. The van der Waals surface area contributed by atoms with Gasteiger partial charge >= 0.3 is 0 Å². The lowest BCUT2D eigenvalue weighted by atomic mass is 10.1. The minimum Gasteiger partial charge on any atom is -0.350 e. The van der Waals surface area contributed by atoms with Crippen LogP contribution in [-0.2, 0) is 11.8 Å². The second-order valence-electron chi connectivity index (χ2n) is 5.67. The van der Waals surface area contributed by atoms with Crippen molar-refractivity contribution in [3.05, 3.63) is 69.7 Å². The zero-order chi connectivity index (χ0) is 17.4. The van der Waals surface area contributed by atoms with Gasteiger partial charge in [-0.1, -0.05) is 40.2 Å². The Morgan fingerprint density at radius 1 is 1.20 bits per heavy atom. The molecule has 1 N–H and O–H groups in total. The van der Waals surface area contributed by atoms with Crippen LogP contribution >= 0.6 is 27.7 Å². The van der Waals surface area contributed by atoms with Crippen LogP contribution < -0.4 is 5.32 Å². The SMILES string of the molecule is Cn1cc(C=C2SC(=Nc3cccc(Br)c3)NC2=O)c2ccccc21. The second-order valence-corrected chi connectivity index (χ2v) is 7.62. The number of nitrogens with one attached hydrogen (secondary N) is 1. The van der Waals surface area contributed by atoms with E-state index in [1.165, 1.54) is 11.8 Å². The van der Waals surface area contributed by atoms with Crippen molar-refractivity contribution >= 4 is 61.4 Å². The fraction of sp³-hybridized carbons (Fsp3) is 0.0526. The molecule has 0 aliphatic carbocycles. The average molecular weight is 412 g/mol. The number of hydrogen-bond acceptors (Lipinski definition) is 3. The van der Waals surface area contributed by atoms with Crippen LogP contribution in [0.1, 0.15) is 5.56 Å². The molecule has 0 spiro atoms. The Morgan fingerprint density at radius 3 is 2.88 bits per heavy atom. The van der Waals surface area contributed by atoms with Gasteiger partial charge in [0.15, 0.2) is 5.17 Å². The summed E-state index contributed by atoms with van der Waals surface area (Å²) in [5.74, 6) is -0.119. The number of benzene rings is 2. The largest absolute Gasteiger partial charge is 0.350 e. The third-order valence-electron chi connectivity index (χ3n) is 3.90. The number of nitrogens with zero attached hydrogens (tertiary/aromatic N) is 2. The van der Waals surface area contributed by atoms with E-state index in [1.54, 1.807) is 0 Å². The molecule has 4 rings (SSSR count). The molecule has 124 valence electrons. The van der Waals surface area contributed by atoms with E-state index < -0.39 is 0 Å². The van der Waals surface area contributed by atoms with E-state index >= 15 is 0 Å². The van der Waals surface area contributed by atoms with Gasteiger partial charge in [-0.15, -0.1) is 0 Å². The van der Waals surface area contributed by atoms with Gasteiger partial charge in [0.05, 0.1) is 10.6 Å². The topological polar surface area (TPSA) is 46.4 Å². The molecule has 0 unspecified atom stereocenters. The van der Waals surface area contributed by atoms with Crippen LogP contribution in [0.25, 0.3) is 17.0 Å². The van der Waals surface area contributed by atoms with Crippen molar-refractivity contribution in [2.45, 2.75) is 0 Å². The summed E-state index contributed by atoms with van der Waals surface area (Å²) < 4.78 is 3.02. The Balaban J connectivity index is 1.67. The first kappa shape index (κ1) is 16.2. The first-order valence-corrected chi connectivity index (χ1v) is 9.30. The zero-order valence-corrected chi connectivity index (χ0v) is 15.8. The summed E-state index contributed by atoms with van der Waals surface area (Å²) in [4.78, 5) is 17.4. The number of aliphatic imine (C=N–C) groups is 1. The number of hydrogen-bond donors (Lipinski definition) is 1. The van der Waals surface area contributed by atoms with Crippen molar-refractivity contribution < 1.29 is 4.79 Å². The molecule has 0 saturated carbocycles. The van der Waals surface area contributed by atoms with E-state index in [4.69, 9.17) is 0 Å². The Kier molecular flexibility index (Phi) is 4.23. The molecule has 3 aromatic rings. The number of amides is 1. The van der Waals surface area contributed by atoms with Crippen molar-refractivity contribution in [1.29, 1.82) is 0 Å². The van der Waals surface area contributed by atoms with Gasteiger partial charge in [0.25, 0.3) is 5.91 Å². The predicted molar refractivity (Wildman–Crippen MR) is 108 cm³/mol. The quantitative estimate of drug-likeness (QED) is 0.613. The summed E-state index contributed by atoms with van der Waals surface area (Å²) in [6.07, 6.45) is 3.96. The van der Waals surface area contributed by atoms with Gasteiger partial charge in [0, 0.05) is 34.2 Å². The molecule has 1 aliphatic heterocycles. The van der Waals surface area contributed by atoms with E-state index in [-0.39, 0.29) is 5.91 Å². The lowest BCUT2D eigenvalue weighted by molar-refractivity contribution is -0.115. The Labute approximate surface area is 157 Å². The number of para-hydroxylation sites is 1. The normalized spacial score (nSPS) is 17.6. The summed E-state index contributed by atoms with van der Waals surface area (Å²) in [7, 11) is 2.01. The van der Waals surface area contributed by atoms with Gasteiger partial charge in [0.1, 0.15) is 0 Å². The van der Waals surface area contributed by atoms with E-state index in [0.29, 0.717) is 10.1 Å².